The summed E-state index contributed by atoms with van der Waals surface area (Å²) in [6.45, 7) is 13.0. The third-order valence-electron chi connectivity index (χ3n) is 6.93. The second-order valence-corrected chi connectivity index (χ2v) is 11.8. The fourth-order valence-corrected chi connectivity index (χ4v) is 5.92. The van der Waals surface area contributed by atoms with Crippen LogP contribution in [0, 0.1) is 20.8 Å². The number of amides is 1. The Morgan fingerprint density at radius 2 is 1.58 bits per heavy atom. The van der Waals surface area contributed by atoms with Gasteiger partial charge in [0.05, 0.1) is 18.6 Å². The summed E-state index contributed by atoms with van der Waals surface area (Å²) >= 11 is 0. The van der Waals surface area contributed by atoms with Crippen molar-refractivity contribution in [3.63, 3.8) is 0 Å². The van der Waals surface area contributed by atoms with Crippen molar-refractivity contribution in [3.05, 3.63) is 58.1 Å². The lowest BCUT2D eigenvalue weighted by Crippen LogP contribution is -2.35. The first-order chi connectivity index (χ1) is 17.9. The van der Waals surface area contributed by atoms with Crippen molar-refractivity contribution in [1.82, 2.24) is 14.1 Å². The standard InChI is InChI=1S/C29H45N3O5S/c1-9-30(6)14-13-26-12-11-25(17-22(26)3)20-32(10-2)28(33)21-37-16-15-31(7)38(34,35)29-23(4)18-27(36-8)19-24(29)5/h11-12,17-19H,9-10,13-16,20-21H2,1-8H3. The van der Waals surface area contributed by atoms with Crippen LogP contribution in [-0.2, 0) is 32.5 Å². The molecule has 2 aromatic rings. The highest BCUT2D eigenvalue weighted by molar-refractivity contribution is 7.89. The number of rotatable bonds is 15. The number of likely N-dealkylation sites (N-methyl/N-ethyl adjacent to an activating group) is 3. The molecule has 0 aliphatic heterocycles. The van der Waals surface area contributed by atoms with Crippen LogP contribution in [0.25, 0.3) is 0 Å². The summed E-state index contributed by atoms with van der Waals surface area (Å²) in [5, 5.41) is 0. The zero-order chi connectivity index (χ0) is 28.5. The number of nitrogens with zero attached hydrogens (tertiary/aromatic N) is 3. The molecule has 0 saturated heterocycles. The SMILES string of the molecule is CCN(C)CCc1ccc(CN(CC)C(=O)COCCN(C)S(=O)(=O)c2c(C)cc(OC)cc2C)cc1C. The molecule has 8 nitrogen and oxygen atoms in total. The van der Waals surface area contributed by atoms with Gasteiger partial charge in [0.2, 0.25) is 15.9 Å². The van der Waals surface area contributed by atoms with Gasteiger partial charge in [-0.3, -0.25) is 4.79 Å². The van der Waals surface area contributed by atoms with Gasteiger partial charge in [-0.1, -0.05) is 25.1 Å². The third kappa shape index (κ3) is 8.53. The Hall–Kier alpha value is -2.46. The number of sulfonamides is 1. The van der Waals surface area contributed by atoms with Crippen LogP contribution in [0.15, 0.2) is 35.2 Å². The Labute approximate surface area is 229 Å². The minimum atomic E-state index is -3.71. The molecule has 0 spiro atoms. The van der Waals surface area contributed by atoms with Gasteiger partial charge in [-0.2, -0.15) is 4.31 Å². The Morgan fingerprint density at radius 1 is 0.921 bits per heavy atom. The van der Waals surface area contributed by atoms with E-state index in [0.717, 1.165) is 25.1 Å². The second-order valence-electron chi connectivity index (χ2n) is 9.78. The molecule has 0 heterocycles. The molecule has 0 unspecified atom stereocenters. The van der Waals surface area contributed by atoms with Crippen molar-refractivity contribution in [2.75, 3.05) is 60.6 Å². The van der Waals surface area contributed by atoms with Crippen molar-refractivity contribution in [2.24, 2.45) is 0 Å². The highest BCUT2D eigenvalue weighted by Gasteiger charge is 2.25. The van der Waals surface area contributed by atoms with E-state index in [0.29, 0.717) is 30.0 Å². The average molecular weight is 548 g/mol. The Kier molecular flexibility index (Phi) is 12.2. The molecular formula is C29H45N3O5S. The highest BCUT2D eigenvalue weighted by atomic mass is 32.2. The number of carbonyl (C=O) groups excluding carboxylic acids is 1. The van der Waals surface area contributed by atoms with E-state index < -0.39 is 10.0 Å². The van der Waals surface area contributed by atoms with Crippen LogP contribution in [0.1, 0.15) is 41.7 Å². The quantitative estimate of drug-likeness (QED) is 0.316. The van der Waals surface area contributed by atoms with E-state index in [4.69, 9.17) is 9.47 Å². The zero-order valence-electron chi connectivity index (χ0n) is 24.3. The predicted octanol–water partition coefficient (Wildman–Crippen LogP) is 3.80. The molecule has 0 fully saturated rings. The minimum absolute atomic E-state index is 0.0945. The fourth-order valence-electron chi connectivity index (χ4n) is 4.36. The molecule has 38 heavy (non-hydrogen) atoms. The van der Waals surface area contributed by atoms with Crippen LogP contribution < -0.4 is 4.74 Å². The van der Waals surface area contributed by atoms with Crippen molar-refractivity contribution >= 4 is 15.9 Å². The van der Waals surface area contributed by atoms with Gasteiger partial charge in [-0.05, 0) is 87.7 Å². The van der Waals surface area contributed by atoms with Crippen LogP contribution in [0.2, 0.25) is 0 Å². The van der Waals surface area contributed by atoms with Crippen LogP contribution >= 0.6 is 0 Å². The summed E-state index contributed by atoms with van der Waals surface area (Å²) in [7, 11) is 1.49. The minimum Gasteiger partial charge on any atom is -0.497 e. The molecule has 0 bridgehead atoms. The smallest absolute Gasteiger partial charge is 0.248 e. The third-order valence-corrected chi connectivity index (χ3v) is 9.09. The summed E-state index contributed by atoms with van der Waals surface area (Å²) in [6, 6.07) is 9.82. The molecule has 0 aliphatic rings. The molecule has 0 aliphatic carbocycles. The van der Waals surface area contributed by atoms with Crippen molar-refractivity contribution < 1.29 is 22.7 Å². The first kappa shape index (κ1) is 31.8. The number of methoxy groups -OCH3 is 1. The van der Waals surface area contributed by atoms with Crippen LogP contribution in [0.4, 0.5) is 0 Å². The van der Waals surface area contributed by atoms with Gasteiger partial charge in [0.15, 0.2) is 0 Å². The van der Waals surface area contributed by atoms with E-state index in [1.807, 2.05) is 6.92 Å². The molecule has 1 amide bonds. The predicted molar refractivity (Wildman–Crippen MR) is 152 cm³/mol. The Morgan fingerprint density at radius 3 is 2.13 bits per heavy atom. The molecule has 2 rings (SSSR count). The largest absolute Gasteiger partial charge is 0.497 e. The maximum atomic E-state index is 13.2. The van der Waals surface area contributed by atoms with Crippen LogP contribution in [0.3, 0.4) is 0 Å². The average Bonchev–Trinajstić information content (AvgIpc) is 2.87. The van der Waals surface area contributed by atoms with Crippen molar-refractivity contribution in [1.29, 1.82) is 0 Å². The van der Waals surface area contributed by atoms with Gasteiger partial charge in [-0.25, -0.2) is 8.42 Å². The number of hydrogen-bond donors (Lipinski definition) is 0. The first-order valence-electron chi connectivity index (χ1n) is 13.2. The van der Waals surface area contributed by atoms with E-state index in [9.17, 15) is 13.2 Å². The summed E-state index contributed by atoms with van der Waals surface area (Å²) in [5.41, 5.74) is 4.89. The lowest BCUT2D eigenvalue weighted by Gasteiger charge is -2.23. The van der Waals surface area contributed by atoms with Crippen molar-refractivity contribution in [2.45, 2.75) is 52.5 Å². The number of aryl methyl sites for hydroxylation is 3. The van der Waals surface area contributed by atoms with Gasteiger partial charge in [0.1, 0.15) is 12.4 Å². The molecular weight excluding hydrogens is 502 g/mol. The fraction of sp³-hybridized carbons (Fsp3) is 0.552. The van der Waals surface area contributed by atoms with E-state index in [-0.39, 0.29) is 30.6 Å². The summed E-state index contributed by atoms with van der Waals surface area (Å²) < 4.78 is 38.4. The summed E-state index contributed by atoms with van der Waals surface area (Å²) in [5.74, 6) is 0.501. The molecule has 0 atom stereocenters. The highest BCUT2D eigenvalue weighted by Crippen LogP contribution is 2.27. The number of hydrogen-bond acceptors (Lipinski definition) is 6. The van der Waals surface area contributed by atoms with Gasteiger partial charge < -0.3 is 19.3 Å². The molecule has 0 saturated carbocycles. The van der Waals surface area contributed by atoms with Crippen molar-refractivity contribution in [3.8, 4) is 5.75 Å². The first-order valence-corrected chi connectivity index (χ1v) is 14.6. The zero-order valence-corrected chi connectivity index (χ0v) is 25.2. The van der Waals surface area contributed by atoms with E-state index in [1.165, 1.54) is 22.5 Å². The van der Waals surface area contributed by atoms with E-state index >= 15 is 0 Å². The van der Waals surface area contributed by atoms with Gasteiger partial charge in [-0.15, -0.1) is 0 Å². The molecule has 0 radical (unpaired) electrons. The molecule has 0 N–H and O–H groups in total. The monoisotopic (exact) mass is 547 g/mol. The lowest BCUT2D eigenvalue weighted by molar-refractivity contribution is -0.136. The number of carbonyl (C=O) groups is 1. The van der Waals surface area contributed by atoms with Gasteiger partial charge in [0, 0.05) is 33.2 Å². The van der Waals surface area contributed by atoms with E-state index in [1.54, 1.807) is 38.0 Å². The second kappa shape index (κ2) is 14.6. The van der Waals surface area contributed by atoms with Gasteiger partial charge in [0.25, 0.3) is 0 Å². The van der Waals surface area contributed by atoms with E-state index in [2.05, 4.69) is 44.0 Å². The van der Waals surface area contributed by atoms with Crippen LogP contribution in [0.5, 0.6) is 5.75 Å². The lowest BCUT2D eigenvalue weighted by atomic mass is 10.0. The molecule has 2 aromatic carbocycles. The molecule has 0 aromatic heterocycles. The molecule has 9 heteroatoms. The van der Waals surface area contributed by atoms with Gasteiger partial charge >= 0.3 is 0 Å². The summed E-state index contributed by atoms with van der Waals surface area (Å²) in [6.07, 6.45) is 1.00. The maximum Gasteiger partial charge on any atom is 0.248 e. The van der Waals surface area contributed by atoms with Crippen LogP contribution in [-0.4, -0.2) is 89.0 Å². The normalized spacial score (nSPS) is 11.8. The Bertz CT molecular complexity index is 1160. The number of benzene rings is 2. The number of ether oxygens (including phenoxy) is 2. The Balaban J connectivity index is 1.90. The topological polar surface area (TPSA) is 79.4 Å². The maximum absolute atomic E-state index is 13.2. The molecule has 212 valence electrons. The summed E-state index contributed by atoms with van der Waals surface area (Å²) in [4.78, 5) is 17.1.